The third-order valence-corrected chi connectivity index (χ3v) is 4.05. The van der Waals surface area contributed by atoms with Crippen LogP contribution in [-0.4, -0.2) is 62.0 Å². The molecule has 0 bridgehead atoms. The maximum absolute atomic E-state index is 12.3. The van der Waals surface area contributed by atoms with Crippen molar-refractivity contribution in [2.45, 2.75) is 19.9 Å². The van der Waals surface area contributed by atoms with Crippen LogP contribution >= 0.6 is 0 Å². The highest BCUT2D eigenvalue weighted by Crippen LogP contribution is 2.22. The maximum atomic E-state index is 12.3. The molecule has 2 fully saturated rings. The summed E-state index contributed by atoms with van der Waals surface area (Å²) in [5.41, 5.74) is 2.23. The molecule has 0 aromatic carbocycles. The van der Waals surface area contributed by atoms with E-state index < -0.39 is 0 Å². The number of nitrogens with one attached hydrogen (secondary N) is 1. The lowest BCUT2D eigenvalue weighted by Crippen LogP contribution is -2.39. The van der Waals surface area contributed by atoms with Gasteiger partial charge in [-0.15, -0.1) is 0 Å². The minimum atomic E-state index is 0.234. The lowest BCUT2D eigenvalue weighted by molar-refractivity contribution is -0.126. The number of nitrogens with zero attached hydrogens (tertiary/aromatic N) is 2. The van der Waals surface area contributed by atoms with Crippen LogP contribution in [0.25, 0.3) is 0 Å². The van der Waals surface area contributed by atoms with E-state index in [0.29, 0.717) is 12.0 Å². The molecule has 17 heavy (non-hydrogen) atoms. The second kappa shape index (κ2) is 4.78. The average molecular weight is 237 g/mol. The zero-order valence-electron chi connectivity index (χ0n) is 11.3. The van der Waals surface area contributed by atoms with Crippen LogP contribution < -0.4 is 5.32 Å². The zero-order valence-corrected chi connectivity index (χ0v) is 11.3. The summed E-state index contributed by atoms with van der Waals surface area (Å²) in [6.45, 7) is 7.72. The Kier molecular flexibility index (Phi) is 3.54. The number of likely N-dealkylation sites (N-methyl/N-ethyl adjacent to an activating group) is 1. The monoisotopic (exact) mass is 237 g/mol. The van der Waals surface area contributed by atoms with Gasteiger partial charge < -0.3 is 15.1 Å². The Morgan fingerprint density at radius 1 is 1.35 bits per heavy atom. The molecule has 2 aliphatic heterocycles. The highest BCUT2D eigenvalue weighted by Gasteiger charge is 2.34. The van der Waals surface area contributed by atoms with Crippen LogP contribution in [0.3, 0.4) is 0 Å². The van der Waals surface area contributed by atoms with Gasteiger partial charge in [0.2, 0.25) is 5.91 Å². The highest BCUT2D eigenvalue weighted by molar-refractivity contribution is 5.94. The van der Waals surface area contributed by atoms with Gasteiger partial charge in [-0.05, 0) is 32.5 Å². The van der Waals surface area contributed by atoms with Crippen molar-refractivity contribution in [1.82, 2.24) is 15.1 Å². The van der Waals surface area contributed by atoms with E-state index in [4.69, 9.17) is 0 Å². The molecule has 0 saturated carbocycles. The Balaban J connectivity index is 2.03. The molecule has 1 N–H and O–H groups in total. The molecule has 0 aromatic rings. The lowest BCUT2D eigenvalue weighted by atomic mass is 10.0. The molecule has 0 spiro atoms. The van der Waals surface area contributed by atoms with Crippen molar-refractivity contribution in [1.29, 1.82) is 0 Å². The molecule has 4 heteroatoms. The van der Waals surface area contributed by atoms with Crippen molar-refractivity contribution >= 4 is 5.91 Å². The van der Waals surface area contributed by atoms with Gasteiger partial charge in [0.05, 0.1) is 0 Å². The topological polar surface area (TPSA) is 35.6 Å². The SMILES string of the molecule is CC(C(=O)N1CC(C)C(N(C)C)C1)=C1CNC1. The molecule has 0 radical (unpaired) electrons. The quantitative estimate of drug-likeness (QED) is 0.702. The second-order valence-corrected chi connectivity index (χ2v) is 5.55. The first-order chi connectivity index (χ1) is 8.00. The normalized spacial score (nSPS) is 28.5. The number of hydrogen-bond acceptors (Lipinski definition) is 3. The number of carbonyl (C=O) groups excluding carboxylic acids is 1. The number of rotatable bonds is 2. The molecule has 96 valence electrons. The van der Waals surface area contributed by atoms with Crippen molar-refractivity contribution in [2.24, 2.45) is 5.92 Å². The van der Waals surface area contributed by atoms with Crippen molar-refractivity contribution < 1.29 is 4.79 Å². The van der Waals surface area contributed by atoms with Crippen LogP contribution in [-0.2, 0) is 4.79 Å². The van der Waals surface area contributed by atoms with Crippen LogP contribution in [0.15, 0.2) is 11.1 Å². The van der Waals surface area contributed by atoms with Crippen molar-refractivity contribution in [3.05, 3.63) is 11.1 Å². The summed E-state index contributed by atoms with van der Waals surface area (Å²) in [5.74, 6) is 0.795. The van der Waals surface area contributed by atoms with Gasteiger partial charge in [0.25, 0.3) is 0 Å². The van der Waals surface area contributed by atoms with E-state index >= 15 is 0 Å². The molecule has 2 saturated heterocycles. The third kappa shape index (κ3) is 2.38. The first kappa shape index (κ1) is 12.6. The van der Waals surface area contributed by atoms with Crippen molar-refractivity contribution in [2.75, 3.05) is 40.3 Å². The summed E-state index contributed by atoms with van der Waals surface area (Å²) in [4.78, 5) is 16.6. The molecule has 2 atom stereocenters. The Bertz CT molecular complexity index is 343. The summed E-state index contributed by atoms with van der Waals surface area (Å²) in [6, 6.07) is 0.497. The molecule has 0 aromatic heterocycles. The average Bonchev–Trinajstić information content (AvgIpc) is 2.56. The van der Waals surface area contributed by atoms with Crippen LogP contribution in [0, 0.1) is 5.92 Å². The Morgan fingerprint density at radius 2 is 2.00 bits per heavy atom. The van der Waals surface area contributed by atoms with E-state index in [-0.39, 0.29) is 5.91 Å². The van der Waals surface area contributed by atoms with Gasteiger partial charge >= 0.3 is 0 Å². The standard InChI is InChI=1S/C13H23N3O/c1-9-7-16(8-12(9)15(3)4)13(17)10(2)11-5-14-6-11/h9,12,14H,5-8H2,1-4H3. The predicted octanol–water partition coefficient (Wildman–Crippen LogP) is 0.315. The fourth-order valence-electron chi connectivity index (χ4n) is 2.69. The first-order valence-electron chi connectivity index (χ1n) is 6.35. The Hall–Kier alpha value is -0.870. The second-order valence-electron chi connectivity index (χ2n) is 5.55. The van der Waals surface area contributed by atoms with Gasteiger partial charge in [-0.25, -0.2) is 0 Å². The largest absolute Gasteiger partial charge is 0.337 e. The van der Waals surface area contributed by atoms with Gasteiger partial charge in [-0.1, -0.05) is 6.92 Å². The van der Waals surface area contributed by atoms with E-state index in [1.165, 1.54) is 5.57 Å². The van der Waals surface area contributed by atoms with Gasteiger partial charge in [0.15, 0.2) is 0 Å². The first-order valence-corrected chi connectivity index (χ1v) is 6.35. The fourth-order valence-corrected chi connectivity index (χ4v) is 2.69. The molecule has 4 nitrogen and oxygen atoms in total. The van der Waals surface area contributed by atoms with Crippen LogP contribution in [0.1, 0.15) is 13.8 Å². The van der Waals surface area contributed by atoms with Gasteiger partial charge in [0, 0.05) is 37.8 Å². The summed E-state index contributed by atoms with van der Waals surface area (Å²) >= 11 is 0. The fraction of sp³-hybridized carbons (Fsp3) is 0.769. The van der Waals surface area contributed by atoms with Crippen LogP contribution in [0.2, 0.25) is 0 Å². The molecule has 2 heterocycles. The summed E-state index contributed by atoms with van der Waals surface area (Å²) in [7, 11) is 4.19. The summed E-state index contributed by atoms with van der Waals surface area (Å²) in [6.07, 6.45) is 0. The van der Waals surface area contributed by atoms with E-state index in [1.807, 2.05) is 11.8 Å². The maximum Gasteiger partial charge on any atom is 0.249 e. The molecular weight excluding hydrogens is 214 g/mol. The van der Waals surface area contributed by atoms with Crippen molar-refractivity contribution in [3.8, 4) is 0 Å². The van der Waals surface area contributed by atoms with E-state index in [1.54, 1.807) is 0 Å². The van der Waals surface area contributed by atoms with E-state index in [2.05, 4.69) is 31.2 Å². The number of hydrogen-bond donors (Lipinski definition) is 1. The minimum Gasteiger partial charge on any atom is -0.337 e. The lowest BCUT2D eigenvalue weighted by Gasteiger charge is -2.25. The van der Waals surface area contributed by atoms with Crippen LogP contribution in [0.4, 0.5) is 0 Å². The van der Waals surface area contributed by atoms with Crippen LogP contribution in [0.5, 0.6) is 0 Å². The molecule has 2 aliphatic rings. The number of likely N-dealkylation sites (tertiary alicyclic amines) is 1. The Morgan fingerprint density at radius 3 is 2.41 bits per heavy atom. The molecule has 1 amide bonds. The molecule has 0 aliphatic carbocycles. The third-order valence-electron chi connectivity index (χ3n) is 4.05. The van der Waals surface area contributed by atoms with Crippen molar-refractivity contribution in [3.63, 3.8) is 0 Å². The predicted molar refractivity (Wildman–Crippen MR) is 68.8 cm³/mol. The summed E-state index contributed by atoms with van der Waals surface area (Å²) < 4.78 is 0. The Labute approximate surface area is 104 Å². The summed E-state index contributed by atoms with van der Waals surface area (Å²) in [5, 5.41) is 3.19. The van der Waals surface area contributed by atoms with E-state index in [0.717, 1.165) is 31.8 Å². The zero-order chi connectivity index (χ0) is 12.6. The molecule has 2 unspecified atom stereocenters. The number of carbonyl (C=O) groups is 1. The van der Waals surface area contributed by atoms with Gasteiger partial charge in [-0.3, -0.25) is 4.79 Å². The highest BCUT2D eigenvalue weighted by atomic mass is 16.2. The van der Waals surface area contributed by atoms with E-state index in [9.17, 15) is 4.79 Å². The molecule has 2 rings (SSSR count). The molecular formula is C13H23N3O. The van der Waals surface area contributed by atoms with Gasteiger partial charge in [0.1, 0.15) is 0 Å². The van der Waals surface area contributed by atoms with Gasteiger partial charge in [-0.2, -0.15) is 0 Å². The minimum absolute atomic E-state index is 0.234. The number of amides is 1. The smallest absolute Gasteiger partial charge is 0.249 e.